The number of benzene rings is 3. The van der Waals surface area contributed by atoms with Crippen LogP contribution in [0.3, 0.4) is 0 Å². The number of ether oxygens (including phenoxy) is 1. The molecule has 158 valence electrons. The molecule has 0 amide bonds. The van der Waals surface area contributed by atoms with E-state index in [9.17, 15) is 15.2 Å². The highest BCUT2D eigenvalue weighted by atomic mass is 16.6. The largest absolute Gasteiger partial charge is 0.507 e. The Morgan fingerprint density at radius 2 is 1.81 bits per heavy atom. The number of rotatable bonds is 3. The molecule has 0 aliphatic carbocycles. The SMILES string of the molecule is COc1ccc(C23Cc4ccc([N+](=O)[O-])cc4CN2c2ccccc2C3(C)C)c(O)c1. The summed E-state index contributed by atoms with van der Waals surface area (Å²) in [6, 6.07) is 18.9. The van der Waals surface area contributed by atoms with Crippen LogP contribution in [0.15, 0.2) is 60.7 Å². The van der Waals surface area contributed by atoms with Crippen LogP contribution in [0, 0.1) is 10.1 Å². The van der Waals surface area contributed by atoms with Gasteiger partial charge in [0, 0.05) is 47.8 Å². The minimum atomic E-state index is -0.545. The monoisotopic (exact) mass is 416 g/mol. The third-order valence-corrected chi connectivity index (χ3v) is 7.19. The molecule has 31 heavy (non-hydrogen) atoms. The Bertz CT molecular complexity index is 1220. The second-order valence-electron chi connectivity index (χ2n) is 8.86. The number of phenolic OH excluding ortho intramolecular Hbond substituents is 1. The lowest BCUT2D eigenvalue weighted by atomic mass is 9.62. The lowest BCUT2D eigenvalue weighted by Gasteiger charge is -2.51. The molecule has 2 heterocycles. The van der Waals surface area contributed by atoms with E-state index in [0.717, 1.165) is 22.4 Å². The van der Waals surface area contributed by atoms with E-state index in [1.807, 2.05) is 30.3 Å². The second kappa shape index (κ2) is 6.48. The summed E-state index contributed by atoms with van der Waals surface area (Å²) in [4.78, 5) is 13.3. The minimum Gasteiger partial charge on any atom is -0.507 e. The first-order valence-electron chi connectivity index (χ1n) is 10.3. The first kappa shape index (κ1) is 19.4. The average Bonchev–Trinajstić information content (AvgIpc) is 2.96. The van der Waals surface area contributed by atoms with E-state index < -0.39 is 5.54 Å². The van der Waals surface area contributed by atoms with Crippen LogP contribution in [0.2, 0.25) is 0 Å². The number of methoxy groups -OCH3 is 1. The van der Waals surface area contributed by atoms with Crippen molar-refractivity contribution in [3.05, 3.63) is 93.0 Å². The number of non-ortho nitro benzene ring substituents is 1. The Kier molecular flexibility index (Phi) is 4.06. The molecule has 6 nitrogen and oxygen atoms in total. The van der Waals surface area contributed by atoms with Crippen LogP contribution < -0.4 is 9.64 Å². The molecule has 3 aromatic rings. The van der Waals surface area contributed by atoms with Crippen LogP contribution in [0.5, 0.6) is 11.5 Å². The van der Waals surface area contributed by atoms with Gasteiger partial charge in [0.2, 0.25) is 0 Å². The molecule has 0 aromatic heterocycles. The Morgan fingerprint density at radius 1 is 1.03 bits per heavy atom. The van der Waals surface area contributed by atoms with Crippen molar-refractivity contribution in [3.8, 4) is 11.5 Å². The number of phenols is 1. The van der Waals surface area contributed by atoms with E-state index in [-0.39, 0.29) is 21.8 Å². The highest BCUT2D eigenvalue weighted by Crippen LogP contribution is 2.61. The topological polar surface area (TPSA) is 75.8 Å². The highest BCUT2D eigenvalue weighted by Gasteiger charge is 2.60. The molecule has 0 saturated carbocycles. The molecule has 5 rings (SSSR count). The summed E-state index contributed by atoms with van der Waals surface area (Å²) in [7, 11) is 1.58. The Hall–Kier alpha value is -3.54. The maximum absolute atomic E-state index is 11.4. The zero-order valence-electron chi connectivity index (χ0n) is 17.8. The third-order valence-electron chi connectivity index (χ3n) is 7.19. The molecular formula is C25H24N2O4. The number of anilines is 1. The zero-order valence-corrected chi connectivity index (χ0v) is 17.8. The molecule has 3 aromatic carbocycles. The molecule has 1 atom stereocenters. The molecule has 0 saturated heterocycles. The van der Waals surface area contributed by atoms with Gasteiger partial charge in [-0.15, -0.1) is 0 Å². The van der Waals surface area contributed by atoms with Crippen LogP contribution in [-0.2, 0) is 23.9 Å². The fourth-order valence-electron chi connectivity index (χ4n) is 5.60. The van der Waals surface area contributed by atoms with Crippen molar-refractivity contribution in [1.29, 1.82) is 0 Å². The average molecular weight is 416 g/mol. The number of aromatic hydroxyl groups is 1. The lowest BCUT2D eigenvalue weighted by molar-refractivity contribution is -0.384. The molecule has 2 aliphatic rings. The van der Waals surface area contributed by atoms with E-state index in [2.05, 4.69) is 30.9 Å². The first-order chi connectivity index (χ1) is 14.8. The van der Waals surface area contributed by atoms with Gasteiger partial charge in [-0.3, -0.25) is 10.1 Å². The van der Waals surface area contributed by atoms with Crippen molar-refractivity contribution in [2.24, 2.45) is 0 Å². The number of para-hydroxylation sites is 1. The number of nitro benzene ring substituents is 1. The summed E-state index contributed by atoms with van der Waals surface area (Å²) >= 11 is 0. The van der Waals surface area contributed by atoms with Gasteiger partial charge < -0.3 is 14.7 Å². The Morgan fingerprint density at radius 3 is 2.52 bits per heavy atom. The van der Waals surface area contributed by atoms with Crippen molar-refractivity contribution in [3.63, 3.8) is 0 Å². The van der Waals surface area contributed by atoms with E-state index in [4.69, 9.17) is 4.74 Å². The van der Waals surface area contributed by atoms with Crippen LogP contribution in [-0.4, -0.2) is 17.1 Å². The summed E-state index contributed by atoms with van der Waals surface area (Å²) in [5, 5.41) is 22.4. The summed E-state index contributed by atoms with van der Waals surface area (Å²) in [5.41, 5.74) is 4.38. The maximum atomic E-state index is 11.4. The van der Waals surface area contributed by atoms with Crippen molar-refractivity contribution in [2.75, 3.05) is 12.0 Å². The molecule has 0 bridgehead atoms. The van der Waals surface area contributed by atoms with Crippen LogP contribution in [0.25, 0.3) is 0 Å². The molecular weight excluding hydrogens is 392 g/mol. The van der Waals surface area contributed by atoms with Crippen LogP contribution in [0.4, 0.5) is 11.4 Å². The molecule has 1 N–H and O–H groups in total. The predicted octanol–water partition coefficient (Wildman–Crippen LogP) is 5.06. The number of nitro groups is 1. The first-order valence-corrected chi connectivity index (χ1v) is 10.3. The minimum absolute atomic E-state index is 0.102. The van der Waals surface area contributed by atoms with Gasteiger partial charge in [-0.05, 0) is 34.9 Å². The standard InChI is InChI=1S/C25H24N2O4/c1-24(2)20-6-4-5-7-22(20)26-15-17-12-18(27(29)30)9-8-16(17)14-25(24,26)21-11-10-19(31-3)13-23(21)28/h4-13,28H,14-15H2,1-3H3. The van der Waals surface area contributed by atoms with Crippen molar-refractivity contribution < 1.29 is 14.8 Å². The van der Waals surface area contributed by atoms with E-state index in [0.29, 0.717) is 18.7 Å². The summed E-state index contributed by atoms with van der Waals surface area (Å²) < 4.78 is 5.31. The number of nitrogens with zero attached hydrogens (tertiary/aromatic N) is 2. The van der Waals surface area contributed by atoms with Crippen molar-refractivity contribution >= 4 is 11.4 Å². The molecule has 0 radical (unpaired) electrons. The van der Waals surface area contributed by atoms with Gasteiger partial charge in [-0.25, -0.2) is 0 Å². The van der Waals surface area contributed by atoms with Gasteiger partial charge in [0.25, 0.3) is 5.69 Å². The van der Waals surface area contributed by atoms with Crippen LogP contribution >= 0.6 is 0 Å². The second-order valence-corrected chi connectivity index (χ2v) is 8.86. The predicted molar refractivity (Wildman–Crippen MR) is 119 cm³/mol. The van der Waals surface area contributed by atoms with E-state index in [1.165, 1.54) is 5.56 Å². The molecule has 6 heteroatoms. The highest BCUT2D eigenvalue weighted by molar-refractivity contribution is 5.72. The van der Waals surface area contributed by atoms with Crippen molar-refractivity contribution in [2.45, 2.75) is 37.8 Å². The fourth-order valence-corrected chi connectivity index (χ4v) is 5.60. The maximum Gasteiger partial charge on any atom is 0.269 e. The smallest absolute Gasteiger partial charge is 0.269 e. The van der Waals surface area contributed by atoms with Gasteiger partial charge in [0.1, 0.15) is 11.5 Å². The van der Waals surface area contributed by atoms with Gasteiger partial charge in [-0.2, -0.15) is 0 Å². The van der Waals surface area contributed by atoms with Gasteiger partial charge in [0.05, 0.1) is 17.6 Å². The fraction of sp³-hybridized carbons (Fsp3) is 0.280. The molecule has 2 aliphatic heterocycles. The summed E-state index contributed by atoms with van der Waals surface area (Å²) in [6.45, 7) is 4.96. The Labute approximate surface area is 180 Å². The number of hydrogen-bond donors (Lipinski definition) is 1. The molecule has 1 unspecified atom stereocenters. The van der Waals surface area contributed by atoms with Gasteiger partial charge >= 0.3 is 0 Å². The van der Waals surface area contributed by atoms with Gasteiger partial charge in [-0.1, -0.05) is 38.1 Å². The quantitative estimate of drug-likeness (QED) is 0.477. The Balaban J connectivity index is 1.78. The zero-order chi connectivity index (χ0) is 22.0. The molecule has 0 fully saturated rings. The van der Waals surface area contributed by atoms with Gasteiger partial charge in [0.15, 0.2) is 0 Å². The van der Waals surface area contributed by atoms with Crippen LogP contribution in [0.1, 0.15) is 36.1 Å². The van der Waals surface area contributed by atoms with Crippen molar-refractivity contribution in [1.82, 2.24) is 0 Å². The number of hydrogen-bond acceptors (Lipinski definition) is 5. The third kappa shape index (κ3) is 2.51. The van der Waals surface area contributed by atoms with E-state index >= 15 is 0 Å². The number of fused-ring (bicyclic) bond motifs is 4. The molecule has 0 spiro atoms. The van der Waals surface area contributed by atoms with E-state index in [1.54, 1.807) is 25.3 Å². The normalized spacial score (nSPS) is 20.5. The summed E-state index contributed by atoms with van der Waals surface area (Å²) in [6.07, 6.45) is 0.627. The lowest BCUT2D eigenvalue weighted by Crippen LogP contribution is -2.56. The summed E-state index contributed by atoms with van der Waals surface area (Å²) in [5.74, 6) is 0.792.